The molecule has 0 aliphatic rings. The van der Waals surface area contributed by atoms with Crippen LogP contribution >= 0.6 is 0 Å². The Morgan fingerprint density at radius 1 is 1.29 bits per heavy atom. The van der Waals surface area contributed by atoms with Crippen LogP contribution in [0.3, 0.4) is 0 Å². The topological polar surface area (TPSA) is 62.1 Å². The van der Waals surface area contributed by atoms with Gasteiger partial charge in [0.1, 0.15) is 11.6 Å². The largest absolute Gasteiger partial charge is 0.481 e. The molecule has 0 saturated carbocycles. The van der Waals surface area contributed by atoms with Crippen LogP contribution in [-0.2, 0) is 4.79 Å². The standard InChI is InChI=1S/C16H13FN2O2/c1-11(21-13-6-4-5-12(9-13)10-18)16(20)19-15-8-3-2-7-14(15)17/h2-9,11H,1H3,(H,19,20). The lowest BCUT2D eigenvalue weighted by molar-refractivity contribution is -0.122. The van der Waals surface area contributed by atoms with Gasteiger partial charge in [-0.3, -0.25) is 4.79 Å². The third-order valence-electron chi connectivity index (χ3n) is 2.78. The Hall–Kier alpha value is -2.87. The van der Waals surface area contributed by atoms with Crippen molar-refractivity contribution in [3.05, 3.63) is 59.9 Å². The molecule has 1 atom stereocenters. The second-order valence-corrected chi connectivity index (χ2v) is 4.37. The number of para-hydroxylation sites is 1. The predicted octanol–water partition coefficient (Wildman–Crippen LogP) is 3.10. The van der Waals surface area contributed by atoms with Crippen molar-refractivity contribution in [2.24, 2.45) is 0 Å². The van der Waals surface area contributed by atoms with Gasteiger partial charge < -0.3 is 10.1 Å². The van der Waals surface area contributed by atoms with Gasteiger partial charge in [-0.15, -0.1) is 0 Å². The van der Waals surface area contributed by atoms with E-state index in [1.54, 1.807) is 31.2 Å². The quantitative estimate of drug-likeness (QED) is 0.938. The number of carbonyl (C=O) groups is 1. The van der Waals surface area contributed by atoms with E-state index in [1.165, 1.54) is 24.3 Å². The van der Waals surface area contributed by atoms with Crippen LogP contribution < -0.4 is 10.1 Å². The molecule has 1 amide bonds. The summed E-state index contributed by atoms with van der Waals surface area (Å²) < 4.78 is 18.9. The maximum absolute atomic E-state index is 13.4. The predicted molar refractivity (Wildman–Crippen MR) is 76.3 cm³/mol. The first kappa shape index (κ1) is 14.5. The normalized spacial score (nSPS) is 11.3. The van der Waals surface area contributed by atoms with E-state index in [9.17, 15) is 9.18 Å². The van der Waals surface area contributed by atoms with Gasteiger partial charge in [-0.05, 0) is 37.3 Å². The van der Waals surface area contributed by atoms with Gasteiger partial charge in [0.25, 0.3) is 5.91 Å². The van der Waals surface area contributed by atoms with Gasteiger partial charge in [-0.2, -0.15) is 5.26 Å². The van der Waals surface area contributed by atoms with Gasteiger partial charge in [-0.1, -0.05) is 18.2 Å². The Labute approximate surface area is 121 Å². The summed E-state index contributed by atoms with van der Waals surface area (Å²) in [5.41, 5.74) is 0.540. The molecule has 106 valence electrons. The fourth-order valence-corrected chi connectivity index (χ4v) is 1.69. The molecule has 2 rings (SSSR count). The zero-order valence-corrected chi connectivity index (χ0v) is 11.3. The minimum Gasteiger partial charge on any atom is -0.481 e. The molecule has 0 radical (unpaired) electrons. The Morgan fingerprint density at radius 2 is 2.05 bits per heavy atom. The van der Waals surface area contributed by atoms with E-state index >= 15 is 0 Å². The van der Waals surface area contributed by atoms with E-state index < -0.39 is 17.8 Å². The molecule has 0 spiro atoms. The van der Waals surface area contributed by atoms with Crippen LogP contribution in [0.1, 0.15) is 12.5 Å². The minimum atomic E-state index is -0.821. The monoisotopic (exact) mass is 284 g/mol. The van der Waals surface area contributed by atoms with Crippen LogP contribution in [0, 0.1) is 17.1 Å². The molecule has 2 aromatic rings. The van der Waals surface area contributed by atoms with Crippen molar-refractivity contribution in [1.29, 1.82) is 5.26 Å². The molecular formula is C16H13FN2O2. The van der Waals surface area contributed by atoms with Crippen molar-refractivity contribution in [2.75, 3.05) is 5.32 Å². The Bertz CT molecular complexity index is 695. The highest BCUT2D eigenvalue weighted by Gasteiger charge is 2.16. The van der Waals surface area contributed by atoms with E-state index in [1.807, 2.05) is 6.07 Å². The van der Waals surface area contributed by atoms with Crippen LogP contribution in [0.25, 0.3) is 0 Å². The summed E-state index contributed by atoms with van der Waals surface area (Å²) in [6, 6.07) is 14.4. The molecule has 5 heteroatoms. The summed E-state index contributed by atoms with van der Waals surface area (Å²) in [6.07, 6.45) is -0.821. The molecular weight excluding hydrogens is 271 g/mol. The highest BCUT2D eigenvalue weighted by Crippen LogP contribution is 2.16. The third kappa shape index (κ3) is 3.80. The molecule has 0 aliphatic carbocycles. The lowest BCUT2D eigenvalue weighted by Gasteiger charge is -2.15. The van der Waals surface area contributed by atoms with E-state index in [0.717, 1.165) is 0 Å². The summed E-state index contributed by atoms with van der Waals surface area (Å²) >= 11 is 0. The summed E-state index contributed by atoms with van der Waals surface area (Å²) in [7, 11) is 0. The first-order chi connectivity index (χ1) is 10.1. The van der Waals surface area contributed by atoms with Gasteiger partial charge in [0, 0.05) is 0 Å². The zero-order chi connectivity index (χ0) is 15.2. The van der Waals surface area contributed by atoms with Crippen LogP contribution in [0.2, 0.25) is 0 Å². The van der Waals surface area contributed by atoms with E-state index in [4.69, 9.17) is 10.00 Å². The highest BCUT2D eigenvalue weighted by molar-refractivity contribution is 5.94. The summed E-state index contributed by atoms with van der Waals surface area (Å²) in [5.74, 6) is -0.572. The number of nitriles is 1. The molecule has 0 bridgehead atoms. The molecule has 21 heavy (non-hydrogen) atoms. The number of hydrogen-bond acceptors (Lipinski definition) is 3. The first-order valence-corrected chi connectivity index (χ1v) is 6.32. The second-order valence-electron chi connectivity index (χ2n) is 4.37. The van der Waals surface area contributed by atoms with Crippen LogP contribution in [0.15, 0.2) is 48.5 Å². The van der Waals surface area contributed by atoms with Crippen molar-refractivity contribution < 1.29 is 13.9 Å². The number of ether oxygens (including phenoxy) is 1. The summed E-state index contributed by atoms with van der Waals surface area (Å²) in [4.78, 5) is 12.0. The lowest BCUT2D eigenvalue weighted by Crippen LogP contribution is -2.30. The average molecular weight is 284 g/mol. The van der Waals surface area contributed by atoms with Gasteiger partial charge in [0.15, 0.2) is 6.10 Å². The number of carbonyl (C=O) groups excluding carboxylic acids is 1. The molecule has 0 fully saturated rings. The van der Waals surface area contributed by atoms with Crippen molar-refractivity contribution in [3.8, 4) is 11.8 Å². The van der Waals surface area contributed by atoms with E-state index in [0.29, 0.717) is 11.3 Å². The molecule has 0 aliphatic heterocycles. The maximum Gasteiger partial charge on any atom is 0.265 e. The number of hydrogen-bond donors (Lipinski definition) is 1. The van der Waals surface area contributed by atoms with Crippen LogP contribution in [0.4, 0.5) is 10.1 Å². The lowest BCUT2D eigenvalue weighted by atomic mass is 10.2. The van der Waals surface area contributed by atoms with E-state index in [-0.39, 0.29) is 5.69 Å². The smallest absolute Gasteiger partial charge is 0.265 e. The fraction of sp³-hybridized carbons (Fsp3) is 0.125. The number of nitrogens with zero attached hydrogens (tertiary/aromatic N) is 1. The second kappa shape index (κ2) is 6.53. The number of rotatable bonds is 4. The first-order valence-electron chi connectivity index (χ1n) is 6.32. The van der Waals surface area contributed by atoms with Crippen LogP contribution in [0.5, 0.6) is 5.75 Å². The van der Waals surface area contributed by atoms with E-state index in [2.05, 4.69) is 5.32 Å². The minimum absolute atomic E-state index is 0.101. The fourth-order valence-electron chi connectivity index (χ4n) is 1.69. The molecule has 0 aromatic heterocycles. The molecule has 0 heterocycles. The van der Waals surface area contributed by atoms with Crippen LogP contribution in [-0.4, -0.2) is 12.0 Å². The number of anilines is 1. The number of amides is 1. The Balaban J connectivity index is 2.03. The molecule has 2 aromatic carbocycles. The van der Waals surface area contributed by atoms with Gasteiger partial charge in [0.2, 0.25) is 0 Å². The zero-order valence-electron chi connectivity index (χ0n) is 11.3. The SMILES string of the molecule is CC(Oc1cccc(C#N)c1)C(=O)Nc1ccccc1F. The molecule has 4 nitrogen and oxygen atoms in total. The van der Waals surface area contributed by atoms with Gasteiger partial charge in [-0.25, -0.2) is 4.39 Å². The number of benzene rings is 2. The van der Waals surface area contributed by atoms with Crippen molar-refractivity contribution >= 4 is 11.6 Å². The summed E-state index contributed by atoms with van der Waals surface area (Å²) in [5, 5.41) is 11.3. The average Bonchev–Trinajstić information content (AvgIpc) is 2.49. The molecule has 1 N–H and O–H groups in total. The summed E-state index contributed by atoms with van der Waals surface area (Å²) in [6.45, 7) is 1.55. The number of nitrogens with one attached hydrogen (secondary N) is 1. The van der Waals surface area contributed by atoms with Crippen molar-refractivity contribution in [2.45, 2.75) is 13.0 Å². The highest BCUT2D eigenvalue weighted by atomic mass is 19.1. The third-order valence-corrected chi connectivity index (χ3v) is 2.78. The maximum atomic E-state index is 13.4. The molecule has 1 unspecified atom stereocenters. The molecule has 0 saturated heterocycles. The Morgan fingerprint density at radius 3 is 2.76 bits per heavy atom. The van der Waals surface area contributed by atoms with Crippen molar-refractivity contribution in [1.82, 2.24) is 0 Å². The van der Waals surface area contributed by atoms with Gasteiger partial charge >= 0.3 is 0 Å². The van der Waals surface area contributed by atoms with Crippen molar-refractivity contribution in [3.63, 3.8) is 0 Å². The number of halogens is 1. The van der Waals surface area contributed by atoms with Gasteiger partial charge in [0.05, 0.1) is 17.3 Å². The Kier molecular flexibility index (Phi) is 4.52.